The van der Waals surface area contributed by atoms with Crippen molar-refractivity contribution in [3.8, 4) is 0 Å². The van der Waals surface area contributed by atoms with Crippen molar-refractivity contribution in [2.75, 3.05) is 10.6 Å². The number of thiophene rings is 1. The van der Waals surface area contributed by atoms with Crippen molar-refractivity contribution in [1.29, 1.82) is 0 Å². The van der Waals surface area contributed by atoms with Crippen LogP contribution >= 0.6 is 11.3 Å². The van der Waals surface area contributed by atoms with Gasteiger partial charge in [-0.3, -0.25) is 14.4 Å². The van der Waals surface area contributed by atoms with Gasteiger partial charge in [0.2, 0.25) is 11.8 Å². The Bertz CT molecular complexity index is 920. The molecule has 0 aliphatic rings. The first kappa shape index (κ1) is 21.6. The standard InChI is InChI=1S/C19H19F3N2O3S/c1-10-8-14(11(2)28-10)17(26)6-7-18(27)24-16-9-13(19(20,21)22)4-5-15(16)23-12(3)25/h4-5,8-9H,6-7H2,1-3H3,(H,23,25)(H,24,27). The molecule has 0 saturated carbocycles. The molecule has 0 unspecified atom stereocenters. The molecule has 0 bridgehead atoms. The summed E-state index contributed by atoms with van der Waals surface area (Å²) in [6.07, 6.45) is -4.86. The number of carbonyl (C=O) groups excluding carboxylic acids is 3. The summed E-state index contributed by atoms with van der Waals surface area (Å²) in [4.78, 5) is 37.5. The molecule has 150 valence electrons. The lowest BCUT2D eigenvalue weighted by atomic mass is 10.1. The van der Waals surface area contributed by atoms with Gasteiger partial charge in [0, 0.05) is 35.1 Å². The van der Waals surface area contributed by atoms with E-state index >= 15 is 0 Å². The van der Waals surface area contributed by atoms with E-state index in [1.807, 2.05) is 13.8 Å². The van der Waals surface area contributed by atoms with Gasteiger partial charge in [0.25, 0.3) is 0 Å². The average molecular weight is 412 g/mol. The molecule has 0 saturated heterocycles. The monoisotopic (exact) mass is 412 g/mol. The molecule has 1 aromatic carbocycles. The number of alkyl halides is 3. The zero-order valence-corrected chi connectivity index (χ0v) is 16.3. The van der Waals surface area contributed by atoms with E-state index in [0.717, 1.165) is 28.0 Å². The molecular formula is C19H19F3N2O3S. The highest BCUT2D eigenvalue weighted by molar-refractivity contribution is 7.12. The molecule has 0 atom stereocenters. The minimum atomic E-state index is -4.60. The number of aryl methyl sites for hydroxylation is 2. The lowest BCUT2D eigenvalue weighted by molar-refractivity contribution is -0.137. The van der Waals surface area contributed by atoms with Crippen LogP contribution in [-0.2, 0) is 15.8 Å². The molecule has 2 aromatic rings. The number of carbonyl (C=O) groups is 3. The first-order chi connectivity index (χ1) is 13.0. The van der Waals surface area contributed by atoms with E-state index in [1.54, 1.807) is 6.07 Å². The zero-order valence-electron chi connectivity index (χ0n) is 15.5. The van der Waals surface area contributed by atoms with Crippen molar-refractivity contribution in [2.45, 2.75) is 39.8 Å². The Balaban J connectivity index is 2.12. The average Bonchev–Trinajstić information content (AvgIpc) is 2.91. The van der Waals surface area contributed by atoms with Crippen molar-refractivity contribution in [2.24, 2.45) is 0 Å². The third-order valence-electron chi connectivity index (χ3n) is 3.85. The number of anilines is 2. The van der Waals surface area contributed by atoms with Gasteiger partial charge >= 0.3 is 6.18 Å². The van der Waals surface area contributed by atoms with Gasteiger partial charge in [-0.05, 0) is 38.1 Å². The van der Waals surface area contributed by atoms with Crippen LogP contribution in [0.3, 0.4) is 0 Å². The van der Waals surface area contributed by atoms with Crippen LogP contribution in [-0.4, -0.2) is 17.6 Å². The molecule has 9 heteroatoms. The highest BCUT2D eigenvalue weighted by Crippen LogP contribution is 2.34. The molecule has 2 rings (SSSR count). The van der Waals surface area contributed by atoms with Crippen LogP contribution in [0.2, 0.25) is 0 Å². The molecule has 1 heterocycles. The largest absolute Gasteiger partial charge is 0.416 e. The predicted octanol–water partition coefficient (Wildman–Crippen LogP) is 4.94. The summed E-state index contributed by atoms with van der Waals surface area (Å²) in [5, 5.41) is 4.72. The second kappa shape index (κ2) is 8.55. The molecule has 2 amide bonds. The van der Waals surface area contributed by atoms with Crippen molar-refractivity contribution in [1.82, 2.24) is 0 Å². The van der Waals surface area contributed by atoms with Gasteiger partial charge in [-0.2, -0.15) is 13.2 Å². The molecule has 5 nitrogen and oxygen atoms in total. The van der Waals surface area contributed by atoms with Crippen molar-refractivity contribution in [3.63, 3.8) is 0 Å². The number of rotatable bonds is 6. The summed E-state index contributed by atoms with van der Waals surface area (Å²) in [5.74, 6) is -1.32. The topological polar surface area (TPSA) is 75.3 Å². The minimum absolute atomic E-state index is 0.0458. The van der Waals surface area contributed by atoms with Crippen LogP contribution in [0.5, 0.6) is 0 Å². The maximum atomic E-state index is 12.9. The van der Waals surface area contributed by atoms with Crippen LogP contribution in [0.15, 0.2) is 24.3 Å². The maximum Gasteiger partial charge on any atom is 0.416 e. The van der Waals surface area contributed by atoms with Crippen LogP contribution in [0.1, 0.15) is 45.4 Å². The lowest BCUT2D eigenvalue weighted by Crippen LogP contribution is -2.17. The second-order valence-electron chi connectivity index (χ2n) is 6.24. The van der Waals surface area contributed by atoms with Gasteiger partial charge in [0.15, 0.2) is 5.78 Å². The first-order valence-electron chi connectivity index (χ1n) is 8.36. The number of hydrogen-bond donors (Lipinski definition) is 2. The second-order valence-corrected chi connectivity index (χ2v) is 7.70. The van der Waals surface area contributed by atoms with E-state index in [9.17, 15) is 27.6 Å². The minimum Gasteiger partial charge on any atom is -0.325 e. The van der Waals surface area contributed by atoms with Crippen LogP contribution in [0.25, 0.3) is 0 Å². The molecular weight excluding hydrogens is 393 g/mol. The SMILES string of the molecule is CC(=O)Nc1ccc(C(F)(F)F)cc1NC(=O)CCC(=O)c1cc(C)sc1C. The summed E-state index contributed by atoms with van der Waals surface area (Å²) < 4.78 is 38.8. The van der Waals surface area contributed by atoms with Gasteiger partial charge in [-0.25, -0.2) is 0 Å². The normalized spacial score (nSPS) is 11.2. The Morgan fingerprint density at radius 1 is 1.00 bits per heavy atom. The van der Waals surface area contributed by atoms with Gasteiger partial charge in [0.1, 0.15) is 0 Å². The Kier molecular flexibility index (Phi) is 6.60. The van der Waals surface area contributed by atoms with Gasteiger partial charge in [-0.1, -0.05) is 0 Å². The third-order valence-corrected chi connectivity index (χ3v) is 4.82. The predicted molar refractivity (Wildman–Crippen MR) is 102 cm³/mol. The number of halogens is 3. The summed E-state index contributed by atoms with van der Waals surface area (Å²) in [7, 11) is 0. The molecule has 0 spiro atoms. The maximum absolute atomic E-state index is 12.9. The van der Waals surface area contributed by atoms with Crippen LogP contribution in [0.4, 0.5) is 24.5 Å². The molecule has 28 heavy (non-hydrogen) atoms. The third kappa shape index (κ3) is 5.66. The Hall–Kier alpha value is -2.68. The van der Waals surface area contributed by atoms with E-state index in [2.05, 4.69) is 10.6 Å². The molecule has 0 fully saturated rings. The molecule has 0 aliphatic heterocycles. The smallest absolute Gasteiger partial charge is 0.325 e. The molecule has 2 N–H and O–H groups in total. The Morgan fingerprint density at radius 3 is 2.21 bits per heavy atom. The quantitative estimate of drug-likeness (QED) is 0.660. The first-order valence-corrected chi connectivity index (χ1v) is 9.18. The van der Waals surface area contributed by atoms with Crippen LogP contribution in [0, 0.1) is 13.8 Å². The van der Waals surface area contributed by atoms with E-state index in [-0.39, 0.29) is 30.0 Å². The number of ketones is 1. The van der Waals surface area contributed by atoms with Gasteiger partial charge < -0.3 is 10.6 Å². The van der Waals surface area contributed by atoms with Crippen molar-refractivity contribution >= 4 is 40.3 Å². The highest BCUT2D eigenvalue weighted by atomic mass is 32.1. The summed E-state index contributed by atoms with van der Waals surface area (Å²) >= 11 is 1.48. The van der Waals surface area contributed by atoms with Crippen molar-refractivity contribution in [3.05, 3.63) is 45.1 Å². The fourth-order valence-corrected chi connectivity index (χ4v) is 3.55. The summed E-state index contributed by atoms with van der Waals surface area (Å²) in [5.41, 5.74) is -0.542. The van der Waals surface area contributed by atoms with Crippen molar-refractivity contribution < 1.29 is 27.6 Å². The fraction of sp³-hybridized carbons (Fsp3) is 0.316. The van der Waals surface area contributed by atoms with E-state index in [1.165, 1.54) is 18.3 Å². The zero-order chi connectivity index (χ0) is 21.1. The number of benzene rings is 1. The highest BCUT2D eigenvalue weighted by Gasteiger charge is 2.31. The summed E-state index contributed by atoms with van der Waals surface area (Å²) in [6.45, 7) is 4.89. The van der Waals surface area contributed by atoms with Gasteiger partial charge in [-0.15, -0.1) is 11.3 Å². The van der Waals surface area contributed by atoms with E-state index in [0.29, 0.717) is 5.56 Å². The van der Waals surface area contributed by atoms with Crippen LogP contribution < -0.4 is 10.6 Å². The van der Waals surface area contributed by atoms with E-state index in [4.69, 9.17) is 0 Å². The van der Waals surface area contributed by atoms with Gasteiger partial charge in [0.05, 0.1) is 16.9 Å². The number of amides is 2. The number of Topliss-reactive ketones (excluding diaryl/α,β-unsaturated/α-hetero) is 1. The fourth-order valence-electron chi connectivity index (χ4n) is 2.60. The molecule has 0 aliphatic carbocycles. The Labute approximate surface area is 163 Å². The number of hydrogen-bond acceptors (Lipinski definition) is 4. The Morgan fingerprint density at radius 2 is 1.68 bits per heavy atom. The molecule has 0 radical (unpaired) electrons. The lowest BCUT2D eigenvalue weighted by Gasteiger charge is -2.14. The molecule has 1 aromatic heterocycles. The summed E-state index contributed by atoms with van der Waals surface area (Å²) in [6, 6.07) is 4.38. The number of nitrogens with one attached hydrogen (secondary N) is 2. The van der Waals surface area contributed by atoms with E-state index < -0.39 is 23.6 Å².